The minimum absolute atomic E-state index is 0.140. The molecule has 0 aromatic carbocycles. The predicted molar refractivity (Wildman–Crippen MR) is 118 cm³/mol. The lowest BCUT2D eigenvalue weighted by molar-refractivity contribution is -0.137. The van der Waals surface area contributed by atoms with E-state index in [1.165, 1.54) is 12.1 Å². The summed E-state index contributed by atoms with van der Waals surface area (Å²) < 4.78 is 40.0. The van der Waals surface area contributed by atoms with Crippen molar-refractivity contribution in [3.05, 3.63) is 46.4 Å². The zero-order chi connectivity index (χ0) is 23.5. The molecule has 2 aromatic heterocycles. The fourth-order valence-electron chi connectivity index (χ4n) is 3.59. The second kappa shape index (κ2) is 9.94. The Kier molecular flexibility index (Phi) is 7.48. The number of carbonyl (C=O) groups is 1. The molecule has 1 aliphatic rings. The first-order valence-corrected chi connectivity index (χ1v) is 10.9. The van der Waals surface area contributed by atoms with E-state index >= 15 is 0 Å². The van der Waals surface area contributed by atoms with Crippen molar-refractivity contribution >= 4 is 29.4 Å². The highest BCUT2D eigenvalue weighted by Crippen LogP contribution is 2.29. The smallest absolute Gasteiger partial charge is 0.355 e. The SMILES string of the molecule is Cc1nn(CC(C)C)c(Cl)c1/C=C/C(=O)N1CCCN(c2ccc(C(F)(F)F)cn2)CC1. The van der Waals surface area contributed by atoms with Crippen molar-refractivity contribution in [2.24, 2.45) is 5.92 Å². The number of halogens is 4. The van der Waals surface area contributed by atoms with E-state index in [4.69, 9.17) is 11.6 Å². The number of carbonyl (C=O) groups excluding carboxylic acids is 1. The molecule has 32 heavy (non-hydrogen) atoms. The van der Waals surface area contributed by atoms with Gasteiger partial charge in [0.25, 0.3) is 0 Å². The van der Waals surface area contributed by atoms with Crippen molar-refractivity contribution < 1.29 is 18.0 Å². The van der Waals surface area contributed by atoms with Gasteiger partial charge < -0.3 is 9.80 Å². The number of hydrogen-bond donors (Lipinski definition) is 0. The predicted octanol–water partition coefficient (Wildman–Crippen LogP) is 4.67. The standard InChI is InChI=1S/C22H27ClF3N5O/c1-15(2)14-31-21(23)18(16(3)28-31)6-8-20(32)30-10-4-9-29(11-12-30)19-7-5-17(13-27-19)22(24,25)26/h5-8,13,15H,4,9-12,14H2,1-3H3/b8-6+. The number of hydrogen-bond acceptors (Lipinski definition) is 4. The Morgan fingerprint density at radius 2 is 1.97 bits per heavy atom. The van der Waals surface area contributed by atoms with Crippen LogP contribution in [0.15, 0.2) is 24.4 Å². The minimum Gasteiger partial charge on any atom is -0.355 e. The molecule has 0 aliphatic carbocycles. The number of aromatic nitrogens is 3. The Morgan fingerprint density at radius 3 is 2.59 bits per heavy atom. The Labute approximate surface area is 190 Å². The normalized spacial score (nSPS) is 15.6. The first-order chi connectivity index (χ1) is 15.1. The van der Waals surface area contributed by atoms with E-state index in [2.05, 4.69) is 23.9 Å². The highest BCUT2D eigenvalue weighted by molar-refractivity contribution is 6.31. The summed E-state index contributed by atoms with van der Waals surface area (Å²) in [5.41, 5.74) is 0.713. The third kappa shape index (κ3) is 5.82. The zero-order valence-corrected chi connectivity index (χ0v) is 19.1. The van der Waals surface area contributed by atoms with Gasteiger partial charge in [-0.1, -0.05) is 25.4 Å². The highest BCUT2D eigenvalue weighted by Gasteiger charge is 2.31. The quantitative estimate of drug-likeness (QED) is 0.597. The summed E-state index contributed by atoms with van der Waals surface area (Å²) in [6.07, 6.45) is 0.323. The van der Waals surface area contributed by atoms with Crippen LogP contribution in [0.5, 0.6) is 0 Å². The second-order valence-corrected chi connectivity index (χ2v) is 8.63. The van der Waals surface area contributed by atoms with Crippen molar-refractivity contribution in [3.8, 4) is 0 Å². The van der Waals surface area contributed by atoms with Crippen LogP contribution >= 0.6 is 11.6 Å². The number of pyridine rings is 1. The van der Waals surface area contributed by atoms with Gasteiger partial charge in [0.15, 0.2) is 0 Å². The van der Waals surface area contributed by atoms with Gasteiger partial charge in [-0.2, -0.15) is 18.3 Å². The van der Waals surface area contributed by atoms with Crippen molar-refractivity contribution in [2.45, 2.75) is 39.9 Å². The summed E-state index contributed by atoms with van der Waals surface area (Å²) in [4.78, 5) is 20.3. The Balaban J connectivity index is 1.63. The second-order valence-electron chi connectivity index (χ2n) is 8.27. The third-order valence-electron chi connectivity index (χ3n) is 5.25. The monoisotopic (exact) mass is 469 g/mol. The third-order valence-corrected chi connectivity index (χ3v) is 5.65. The maximum absolute atomic E-state index is 12.8. The number of nitrogens with zero attached hydrogens (tertiary/aromatic N) is 5. The molecule has 3 rings (SSSR count). The van der Waals surface area contributed by atoms with Gasteiger partial charge in [0.1, 0.15) is 11.0 Å². The minimum atomic E-state index is -4.41. The molecule has 1 aliphatic heterocycles. The molecule has 3 heterocycles. The summed E-state index contributed by atoms with van der Waals surface area (Å²) in [5.74, 6) is 0.728. The van der Waals surface area contributed by atoms with Crippen LogP contribution in [0.1, 0.15) is 37.1 Å². The van der Waals surface area contributed by atoms with E-state index in [1.54, 1.807) is 15.7 Å². The lowest BCUT2D eigenvalue weighted by Crippen LogP contribution is -2.34. The summed E-state index contributed by atoms with van der Waals surface area (Å²) in [7, 11) is 0. The number of anilines is 1. The van der Waals surface area contributed by atoms with Crippen molar-refractivity contribution in [1.29, 1.82) is 0 Å². The average Bonchev–Trinajstić information content (AvgIpc) is 2.90. The number of alkyl halides is 3. The summed E-state index contributed by atoms with van der Waals surface area (Å²) >= 11 is 6.44. The van der Waals surface area contributed by atoms with E-state index in [0.717, 1.165) is 23.5 Å². The van der Waals surface area contributed by atoms with Gasteiger partial charge in [0.2, 0.25) is 5.91 Å². The van der Waals surface area contributed by atoms with Gasteiger partial charge in [-0.05, 0) is 37.5 Å². The molecule has 174 valence electrons. The Morgan fingerprint density at radius 1 is 1.22 bits per heavy atom. The van der Waals surface area contributed by atoms with Crippen LogP contribution in [-0.4, -0.2) is 51.8 Å². The first-order valence-electron chi connectivity index (χ1n) is 10.5. The molecule has 0 spiro atoms. The van der Waals surface area contributed by atoms with Crippen LogP contribution < -0.4 is 4.90 Å². The first kappa shape index (κ1) is 24.1. The van der Waals surface area contributed by atoms with Gasteiger partial charge >= 0.3 is 6.18 Å². The van der Waals surface area contributed by atoms with Crippen LogP contribution in [-0.2, 0) is 17.5 Å². The molecule has 0 radical (unpaired) electrons. The molecule has 6 nitrogen and oxygen atoms in total. The molecule has 0 N–H and O–H groups in total. The fourth-order valence-corrected chi connectivity index (χ4v) is 3.90. The average molecular weight is 470 g/mol. The molecule has 0 atom stereocenters. The van der Waals surface area contributed by atoms with E-state index in [9.17, 15) is 18.0 Å². The van der Waals surface area contributed by atoms with Gasteiger partial charge in [-0.25, -0.2) is 4.98 Å². The van der Waals surface area contributed by atoms with Crippen molar-refractivity contribution in [1.82, 2.24) is 19.7 Å². The maximum atomic E-state index is 12.8. The van der Waals surface area contributed by atoms with E-state index in [0.29, 0.717) is 56.0 Å². The molecule has 10 heteroatoms. The number of rotatable bonds is 5. The Hall–Kier alpha value is -2.55. The van der Waals surface area contributed by atoms with Gasteiger partial charge in [0, 0.05) is 50.6 Å². The largest absolute Gasteiger partial charge is 0.417 e. The molecule has 0 saturated carbocycles. The summed E-state index contributed by atoms with van der Waals surface area (Å²) in [6, 6.07) is 2.41. The molecule has 2 aromatic rings. The zero-order valence-electron chi connectivity index (χ0n) is 18.4. The van der Waals surface area contributed by atoms with Crippen LogP contribution in [0.4, 0.5) is 19.0 Å². The van der Waals surface area contributed by atoms with Crippen LogP contribution in [0.25, 0.3) is 6.08 Å². The number of amides is 1. The molecule has 1 amide bonds. The summed E-state index contributed by atoms with van der Waals surface area (Å²) in [5, 5.41) is 4.96. The molecule has 0 bridgehead atoms. The van der Waals surface area contributed by atoms with Crippen LogP contribution in [0.3, 0.4) is 0 Å². The lowest BCUT2D eigenvalue weighted by Gasteiger charge is -2.22. The van der Waals surface area contributed by atoms with E-state index < -0.39 is 11.7 Å². The van der Waals surface area contributed by atoms with Gasteiger partial charge in [-0.15, -0.1) is 0 Å². The maximum Gasteiger partial charge on any atom is 0.417 e. The Bertz CT molecular complexity index is 969. The number of aryl methyl sites for hydroxylation is 1. The topological polar surface area (TPSA) is 54.3 Å². The molecule has 0 unspecified atom stereocenters. The lowest BCUT2D eigenvalue weighted by atomic mass is 10.2. The summed E-state index contributed by atoms with van der Waals surface area (Å²) in [6.45, 7) is 8.81. The van der Waals surface area contributed by atoms with Gasteiger partial charge in [0.05, 0.1) is 11.3 Å². The molecule has 1 saturated heterocycles. The van der Waals surface area contributed by atoms with E-state index in [-0.39, 0.29) is 5.91 Å². The van der Waals surface area contributed by atoms with Crippen molar-refractivity contribution in [2.75, 3.05) is 31.1 Å². The molecule has 1 fully saturated rings. The fraction of sp³-hybridized carbons (Fsp3) is 0.500. The van der Waals surface area contributed by atoms with Gasteiger partial charge in [-0.3, -0.25) is 9.48 Å². The highest BCUT2D eigenvalue weighted by atomic mass is 35.5. The molecular formula is C22H27ClF3N5O. The van der Waals surface area contributed by atoms with Crippen LogP contribution in [0, 0.1) is 12.8 Å². The van der Waals surface area contributed by atoms with Crippen LogP contribution in [0.2, 0.25) is 5.15 Å². The van der Waals surface area contributed by atoms with E-state index in [1.807, 2.05) is 11.8 Å². The van der Waals surface area contributed by atoms with Crippen molar-refractivity contribution in [3.63, 3.8) is 0 Å². The molecular weight excluding hydrogens is 443 g/mol.